The summed E-state index contributed by atoms with van der Waals surface area (Å²) in [5, 5.41) is 12.7. The fraction of sp³-hybridized carbons (Fsp3) is 0.786. The van der Waals surface area contributed by atoms with E-state index in [4.69, 9.17) is 0 Å². The van der Waals surface area contributed by atoms with Crippen molar-refractivity contribution in [2.24, 2.45) is 0 Å². The normalized spacial score (nSPS) is 22.3. The molecule has 120 valence electrons. The van der Waals surface area contributed by atoms with Crippen LogP contribution in [0.15, 0.2) is 5.38 Å². The van der Waals surface area contributed by atoms with E-state index < -0.39 is 9.84 Å². The monoisotopic (exact) mass is 332 g/mol. The average Bonchev–Trinajstić information content (AvgIpc) is 2.83. The first kappa shape index (κ1) is 16.9. The summed E-state index contributed by atoms with van der Waals surface area (Å²) in [6.45, 7) is 3.67. The molecule has 7 heteroatoms. The fourth-order valence-electron chi connectivity index (χ4n) is 2.84. The Kier molecular flexibility index (Phi) is 5.76. The topological polar surface area (TPSA) is 70.5 Å². The highest BCUT2D eigenvalue weighted by molar-refractivity contribution is 7.90. The molecule has 1 N–H and O–H groups in total. The van der Waals surface area contributed by atoms with Crippen LogP contribution in [-0.2, 0) is 22.1 Å². The van der Waals surface area contributed by atoms with E-state index in [1.54, 1.807) is 0 Å². The van der Waals surface area contributed by atoms with Crippen LogP contribution in [0.5, 0.6) is 0 Å². The minimum absolute atomic E-state index is 0.0126. The van der Waals surface area contributed by atoms with Crippen LogP contribution in [0.1, 0.15) is 43.3 Å². The summed E-state index contributed by atoms with van der Waals surface area (Å²) < 4.78 is 22.6. The van der Waals surface area contributed by atoms with E-state index in [0.29, 0.717) is 11.6 Å². The molecule has 1 aliphatic rings. The minimum Gasteiger partial charge on any atom is -0.392 e. The third-order valence-electron chi connectivity index (χ3n) is 3.88. The molecule has 5 nitrogen and oxygen atoms in total. The molecule has 0 unspecified atom stereocenters. The highest BCUT2D eigenvalue weighted by Gasteiger charge is 2.28. The zero-order chi connectivity index (χ0) is 15.5. The van der Waals surface area contributed by atoms with Crippen molar-refractivity contribution in [2.45, 2.75) is 57.1 Å². The smallest absolute Gasteiger partial charge is 0.153 e. The van der Waals surface area contributed by atoms with E-state index in [0.717, 1.165) is 37.9 Å². The Labute approximate surface area is 130 Å². The molecule has 0 radical (unpaired) electrons. The van der Waals surface area contributed by atoms with Crippen LogP contribution in [0.2, 0.25) is 0 Å². The van der Waals surface area contributed by atoms with Crippen molar-refractivity contribution in [3.05, 3.63) is 16.1 Å². The first-order valence-corrected chi connectivity index (χ1v) is 10.4. The van der Waals surface area contributed by atoms with Crippen molar-refractivity contribution in [1.29, 1.82) is 0 Å². The number of piperidine rings is 1. The number of likely N-dealkylation sites (tertiary alicyclic amines) is 1. The molecule has 0 aromatic carbocycles. The van der Waals surface area contributed by atoms with Crippen molar-refractivity contribution in [3.8, 4) is 0 Å². The quantitative estimate of drug-likeness (QED) is 0.860. The van der Waals surface area contributed by atoms with Gasteiger partial charge in [-0.25, -0.2) is 13.4 Å². The summed E-state index contributed by atoms with van der Waals surface area (Å²) in [4.78, 5) is 6.71. The van der Waals surface area contributed by atoms with Gasteiger partial charge in [0.2, 0.25) is 0 Å². The number of aliphatic hydroxyl groups excluding tert-OH is 1. The van der Waals surface area contributed by atoms with Gasteiger partial charge < -0.3 is 5.11 Å². The van der Waals surface area contributed by atoms with E-state index in [2.05, 4.69) is 9.88 Å². The van der Waals surface area contributed by atoms with E-state index in [1.165, 1.54) is 17.6 Å². The molecule has 2 rings (SSSR count). The molecule has 21 heavy (non-hydrogen) atoms. The summed E-state index contributed by atoms with van der Waals surface area (Å²) in [5.74, 6) is 0.0126. The van der Waals surface area contributed by atoms with Crippen LogP contribution in [-0.4, -0.2) is 48.4 Å². The molecule has 1 fully saturated rings. The van der Waals surface area contributed by atoms with E-state index in [-0.39, 0.29) is 17.9 Å². The number of sulfone groups is 1. The molecule has 2 atom stereocenters. The maximum atomic E-state index is 11.3. The predicted octanol–water partition coefficient (Wildman–Crippen LogP) is 1.81. The third kappa shape index (κ3) is 5.02. The van der Waals surface area contributed by atoms with Gasteiger partial charge in [-0.1, -0.05) is 13.3 Å². The summed E-state index contributed by atoms with van der Waals surface area (Å²) in [5.41, 5.74) is 0.911. The SMILES string of the molecule is CC[C@@H](O)[C@H]1CCCCN1Cc1csc(CS(C)(=O)=O)n1. The van der Waals surface area contributed by atoms with Gasteiger partial charge in [0.15, 0.2) is 9.84 Å². The first-order chi connectivity index (χ1) is 9.89. The van der Waals surface area contributed by atoms with Crippen LogP contribution in [0, 0.1) is 0 Å². The highest BCUT2D eigenvalue weighted by Crippen LogP contribution is 2.24. The molecule has 1 aromatic heterocycles. The van der Waals surface area contributed by atoms with Crippen molar-refractivity contribution in [1.82, 2.24) is 9.88 Å². The lowest BCUT2D eigenvalue weighted by Crippen LogP contribution is -2.46. The second kappa shape index (κ2) is 7.17. The van der Waals surface area contributed by atoms with Gasteiger partial charge in [-0.15, -0.1) is 11.3 Å². The predicted molar refractivity (Wildman–Crippen MR) is 85.0 cm³/mol. The van der Waals surface area contributed by atoms with Gasteiger partial charge in [0.1, 0.15) is 10.8 Å². The number of aromatic nitrogens is 1. The molecule has 0 saturated carbocycles. The van der Waals surface area contributed by atoms with Crippen LogP contribution in [0.25, 0.3) is 0 Å². The molecule has 0 aliphatic carbocycles. The van der Waals surface area contributed by atoms with Gasteiger partial charge in [-0.3, -0.25) is 4.90 Å². The van der Waals surface area contributed by atoms with Gasteiger partial charge in [0, 0.05) is 24.2 Å². The Morgan fingerprint density at radius 3 is 2.95 bits per heavy atom. The second-order valence-electron chi connectivity index (χ2n) is 5.81. The standard InChI is InChI=1S/C14H24N2O3S2/c1-3-13(17)12-6-4-5-7-16(12)8-11-9-20-14(15-11)10-21(2,18)19/h9,12-13,17H,3-8,10H2,1-2H3/t12-,13-/m1/s1. The Bertz CT molecular complexity index is 556. The zero-order valence-corrected chi connectivity index (χ0v) is 14.3. The van der Waals surface area contributed by atoms with E-state index >= 15 is 0 Å². The van der Waals surface area contributed by atoms with Gasteiger partial charge >= 0.3 is 0 Å². The van der Waals surface area contributed by atoms with Gasteiger partial charge in [0.25, 0.3) is 0 Å². The average molecular weight is 332 g/mol. The lowest BCUT2D eigenvalue weighted by Gasteiger charge is -2.37. The van der Waals surface area contributed by atoms with Gasteiger partial charge in [-0.2, -0.15) is 0 Å². The third-order valence-corrected chi connectivity index (χ3v) is 5.75. The maximum Gasteiger partial charge on any atom is 0.153 e. The van der Waals surface area contributed by atoms with Crippen molar-refractivity contribution in [2.75, 3.05) is 12.8 Å². The maximum absolute atomic E-state index is 11.3. The molecular formula is C14H24N2O3S2. The van der Waals surface area contributed by atoms with Crippen LogP contribution >= 0.6 is 11.3 Å². The number of aliphatic hydroxyl groups is 1. The van der Waals surface area contributed by atoms with Crippen molar-refractivity contribution >= 4 is 21.2 Å². The van der Waals surface area contributed by atoms with Crippen molar-refractivity contribution in [3.63, 3.8) is 0 Å². The largest absolute Gasteiger partial charge is 0.392 e. The summed E-state index contributed by atoms with van der Waals surface area (Å²) >= 11 is 1.40. The molecule has 1 aliphatic heterocycles. The molecule has 0 amide bonds. The number of nitrogens with zero attached hydrogens (tertiary/aromatic N) is 2. The molecule has 0 spiro atoms. The van der Waals surface area contributed by atoms with Crippen LogP contribution in [0.3, 0.4) is 0 Å². The summed E-state index contributed by atoms with van der Waals surface area (Å²) in [7, 11) is -3.03. The van der Waals surface area contributed by atoms with Crippen LogP contribution in [0.4, 0.5) is 0 Å². The Morgan fingerprint density at radius 1 is 1.52 bits per heavy atom. The molecular weight excluding hydrogens is 308 g/mol. The summed E-state index contributed by atoms with van der Waals surface area (Å²) in [6.07, 6.45) is 5.03. The Morgan fingerprint density at radius 2 is 2.29 bits per heavy atom. The molecule has 0 bridgehead atoms. The van der Waals surface area contributed by atoms with Gasteiger partial charge in [-0.05, 0) is 25.8 Å². The lowest BCUT2D eigenvalue weighted by molar-refractivity contribution is 0.0190. The fourth-order valence-corrected chi connectivity index (χ4v) is 4.84. The van der Waals surface area contributed by atoms with Crippen LogP contribution < -0.4 is 0 Å². The Balaban J connectivity index is 2.02. The Hall–Kier alpha value is -0.500. The van der Waals surface area contributed by atoms with Gasteiger partial charge in [0.05, 0.1) is 11.8 Å². The van der Waals surface area contributed by atoms with E-state index in [9.17, 15) is 13.5 Å². The lowest BCUT2D eigenvalue weighted by atomic mass is 9.96. The van der Waals surface area contributed by atoms with Crippen molar-refractivity contribution < 1.29 is 13.5 Å². The summed E-state index contributed by atoms with van der Waals surface area (Å²) in [6, 6.07) is 0.198. The first-order valence-electron chi connectivity index (χ1n) is 7.42. The zero-order valence-electron chi connectivity index (χ0n) is 12.7. The number of hydrogen-bond donors (Lipinski definition) is 1. The minimum atomic E-state index is -3.03. The number of hydrogen-bond acceptors (Lipinski definition) is 6. The van der Waals surface area contributed by atoms with E-state index in [1.807, 2.05) is 12.3 Å². The molecule has 1 saturated heterocycles. The number of rotatable bonds is 6. The molecule has 1 aromatic rings. The highest BCUT2D eigenvalue weighted by atomic mass is 32.2. The second-order valence-corrected chi connectivity index (χ2v) is 8.89. The number of thiazole rings is 1. The molecule has 2 heterocycles.